The minimum absolute atomic E-state index is 0.178. The fraction of sp³-hybridized carbons (Fsp3) is 0.267. The van der Waals surface area contributed by atoms with Gasteiger partial charge in [0.1, 0.15) is 18.0 Å². The zero-order valence-corrected chi connectivity index (χ0v) is 20.3. The third kappa shape index (κ3) is 4.83. The molecule has 0 amide bonds. The Labute approximate surface area is 212 Å². The summed E-state index contributed by atoms with van der Waals surface area (Å²) in [4.78, 5) is 13.6. The number of nitrogens with one attached hydrogen (secondary N) is 1. The number of β-amino-alcohol motifs (C(OH)–C–C–N with tert-alkyl or cyclic N) is 1. The summed E-state index contributed by atoms with van der Waals surface area (Å²) in [6.07, 6.45) is 3.14. The lowest BCUT2D eigenvalue weighted by atomic mass is 9.94. The summed E-state index contributed by atoms with van der Waals surface area (Å²) in [5, 5.41) is 14.5. The van der Waals surface area contributed by atoms with Crippen LogP contribution < -0.4 is 10.2 Å². The number of nitrogens with zero attached hydrogens (tertiary/aromatic N) is 4. The summed E-state index contributed by atoms with van der Waals surface area (Å²) in [5.41, 5.74) is 6.18. The molecule has 6 rings (SSSR count). The van der Waals surface area contributed by atoms with Crippen molar-refractivity contribution < 1.29 is 5.11 Å². The molecular weight excluding hydrogens is 446 g/mol. The number of fused-ring (bicyclic) bond motifs is 1. The van der Waals surface area contributed by atoms with Crippen molar-refractivity contribution in [2.24, 2.45) is 0 Å². The minimum atomic E-state index is -0.416. The van der Waals surface area contributed by atoms with Gasteiger partial charge in [0, 0.05) is 44.0 Å². The first-order valence-electron chi connectivity index (χ1n) is 12.7. The smallest absolute Gasteiger partial charge is 0.135 e. The molecule has 2 atom stereocenters. The number of aromatic nitrogens is 2. The molecule has 0 spiro atoms. The summed E-state index contributed by atoms with van der Waals surface area (Å²) in [7, 11) is 0. The Bertz CT molecular complexity index is 1310. The molecular formula is C30H31N5O. The maximum Gasteiger partial charge on any atom is 0.135 e. The normalized spacial score (nSPS) is 20.1. The van der Waals surface area contributed by atoms with Crippen molar-refractivity contribution in [3.05, 3.63) is 102 Å². The van der Waals surface area contributed by atoms with Crippen molar-refractivity contribution >= 4 is 17.3 Å². The topological polar surface area (TPSA) is 64.5 Å². The van der Waals surface area contributed by atoms with Gasteiger partial charge in [-0.1, -0.05) is 66.7 Å². The molecule has 1 aromatic heterocycles. The number of hydrogen-bond donors (Lipinski definition) is 2. The predicted octanol–water partition coefficient (Wildman–Crippen LogP) is 4.89. The number of rotatable bonds is 5. The molecule has 0 aliphatic carbocycles. The van der Waals surface area contributed by atoms with Crippen LogP contribution in [0.3, 0.4) is 0 Å². The van der Waals surface area contributed by atoms with Gasteiger partial charge in [-0.05, 0) is 47.2 Å². The summed E-state index contributed by atoms with van der Waals surface area (Å²) in [6.45, 7) is 3.36. The van der Waals surface area contributed by atoms with Crippen molar-refractivity contribution in [1.82, 2.24) is 14.9 Å². The molecule has 182 valence electrons. The summed E-state index contributed by atoms with van der Waals surface area (Å²) in [6, 6.07) is 29.5. The van der Waals surface area contributed by atoms with Crippen molar-refractivity contribution in [2.75, 3.05) is 29.9 Å². The number of aliphatic hydroxyl groups is 1. The molecule has 3 heterocycles. The first-order chi connectivity index (χ1) is 17.7. The van der Waals surface area contributed by atoms with Gasteiger partial charge in [0.25, 0.3) is 0 Å². The van der Waals surface area contributed by atoms with Crippen molar-refractivity contribution in [2.45, 2.75) is 31.5 Å². The van der Waals surface area contributed by atoms with Gasteiger partial charge < -0.3 is 15.3 Å². The molecule has 2 aliphatic rings. The van der Waals surface area contributed by atoms with E-state index < -0.39 is 6.10 Å². The maximum absolute atomic E-state index is 11.1. The molecule has 36 heavy (non-hydrogen) atoms. The molecule has 2 aliphatic heterocycles. The van der Waals surface area contributed by atoms with Crippen LogP contribution in [0.1, 0.15) is 17.5 Å². The highest BCUT2D eigenvalue weighted by Crippen LogP contribution is 2.28. The van der Waals surface area contributed by atoms with E-state index in [0.717, 1.165) is 49.8 Å². The van der Waals surface area contributed by atoms with Crippen LogP contribution in [0.2, 0.25) is 0 Å². The molecule has 1 saturated heterocycles. The average molecular weight is 478 g/mol. The van der Waals surface area contributed by atoms with E-state index in [1.54, 1.807) is 6.33 Å². The average Bonchev–Trinajstić information content (AvgIpc) is 2.94. The van der Waals surface area contributed by atoms with Crippen molar-refractivity contribution in [3.8, 4) is 11.1 Å². The maximum atomic E-state index is 11.1. The monoisotopic (exact) mass is 477 g/mol. The minimum Gasteiger partial charge on any atom is -0.390 e. The molecule has 0 radical (unpaired) electrons. The molecule has 6 heteroatoms. The molecule has 2 N–H and O–H groups in total. The highest BCUT2D eigenvalue weighted by molar-refractivity contribution is 5.68. The van der Waals surface area contributed by atoms with E-state index in [1.807, 2.05) is 12.1 Å². The Morgan fingerprint density at radius 1 is 0.806 bits per heavy atom. The molecule has 0 unspecified atom stereocenters. The molecule has 6 nitrogen and oxygen atoms in total. The van der Waals surface area contributed by atoms with E-state index in [1.165, 1.54) is 22.3 Å². The Morgan fingerprint density at radius 3 is 2.36 bits per heavy atom. The number of piperidine rings is 1. The predicted molar refractivity (Wildman–Crippen MR) is 144 cm³/mol. The van der Waals surface area contributed by atoms with Gasteiger partial charge in [-0.2, -0.15) is 0 Å². The highest BCUT2D eigenvalue weighted by Gasteiger charge is 2.34. The molecule has 0 bridgehead atoms. The Balaban J connectivity index is 1.10. The second kappa shape index (κ2) is 10.1. The van der Waals surface area contributed by atoms with Crippen LogP contribution in [0.25, 0.3) is 11.1 Å². The van der Waals surface area contributed by atoms with Gasteiger partial charge in [0.05, 0.1) is 6.10 Å². The van der Waals surface area contributed by atoms with Gasteiger partial charge in [-0.25, -0.2) is 9.97 Å². The zero-order valence-electron chi connectivity index (χ0n) is 20.3. The number of hydrogen-bond acceptors (Lipinski definition) is 6. The quantitative estimate of drug-likeness (QED) is 0.427. The van der Waals surface area contributed by atoms with E-state index in [2.05, 4.69) is 97.9 Å². The van der Waals surface area contributed by atoms with Crippen LogP contribution in [-0.4, -0.2) is 51.8 Å². The lowest BCUT2D eigenvalue weighted by Crippen LogP contribution is -2.55. The number of aliphatic hydroxyl groups excluding tert-OH is 1. The van der Waals surface area contributed by atoms with Crippen LogP contribution in [-0.2, 0) is 13.0 Å². The highest BCUT2D eigenvalue weighted by atomic mass is 16.3. The number of benzene rings is 3. The Morgan fingerprint density at radius 2 is 1.56 bits per heavy atom. The van der Waals surface area contributed by atoms with Crippen LogP contribution in [0.5, 0.6) is 0 Å². The molecule has 3 aromatic carbocycles. The second-order valence-electron chi connectivity index (χ2n) is 9.69. The SMILES string of the molecule is O[C@H]1CN(c2cc(Nc3ccc(-c4ccccc4)cc3)ncn2)CC[C@@H]1N1CCc2ccccc2C1. The van der Waals surface area contributed by atoms with Crippen molar-refractivity contribution in [1.29, 1.82) is 0 Å². The Kier molecular flexibility index (Phi) is 6.36. The van der Waals surface area contributed by atoms with Gasteiger partial charge in [-0.15, -0.1) is 0 Å². The summed E-state index contributed by atoms with van der Waals surface area (Å²) in [5.74, 6) is 1.59. The van der Waals surface area contributed by atoms with Gasteiger partial charge in [0.2, 0.25) is 0 Å². The Hall–Kier alpha value is -3.74. The van der Waals surface area contributed by atoms with E-state index in [0.29, 0.717) is 6.54 Å². The van der Waals surface area contributed by atoms with E-state index in [4.69, 9.17) is 0 Å². The standard InChI is InChI=1S/C30H31N5O/c36-28-20-35(17-15-27(28)34-16-14-23-8-4-5-9-25(23)19-34)30-18-29(31-21-32-30)33-26-12-10-24(11-13-26)22-6-2-1-3-7-22/h1-13,18,21,27-28,36H,14-17,19-20H2,(H,31,32,33)/t27-,28-/m0/s1. The van der Waals surface area contributed by atoms with Gasteiger partial charge in [0.15, 0.2) is 0 Å². The summed E-state index contributed by atoms with van der Waals surface area (Å²) < 4.78 is 0. The van der Waals surface area contributed by atoms with Gasteiger partial charge in [-0.3, -0.25) is 4.90 Å². The lowest BCUT2D eigenvalue weighted by molar-refractivity contribution is 0.0293. The molecule has 4 aromatic rings. The molecule has 1 fully saturated rings. The van der Waals surface area contributed by atoms with Crippen LogP contribution in [0.4, 0.5) is 17.3 Å². The first-order valence-corrected chi connectivity index (χ1v) is 12.7. The van der Waals surface area contributed by atoms with E-state index in [9.17, 15) is 5.11 Å². The van der Waals surface area contributed by atoms with E-state index in [-0.39, 0.29) is 6.04 Å². The first kappa shape index (κ1) is 22.7. The molecule has 0 saturated carbocycles. The lowest BCUT2D eigenvalue weighted by Gasteiger charge is -2.43. The van der Waals surface area contributed by atoms with Crippen molar-refractivity contribution in [3.63, 3.8) is 0 Å². The number of anilines is 3. The van der Waals surface area contributed by atoms with E-state index >= 15 is 0 Å². The fourth-order valence-electron chi connectivity index (χ4n) is 5.47. The zero-order chi connectivity index (χ0) is 24.3. The summed E-state index contributed by atoms with van der Waals surface area (Å²) >= 11 is 0. The van der Waals surface area contributed by atoms with Crippen LogP contribution in [0.15, 0.2) is 91.3 Å². The van der Waals surface area contributed by atoms with Crippen LogP contribution in [0, 0.1) is 0 Å². The van der Waals surface area contributed by atoms with Crippen LogP contribution >= 0.6 is 0 Å². The largest absolute Gasteiger partial charge is 0.390 e. The van der Waals surface area contributed by atoms with Gasteiger partial charge >= 0.3 is 0 Å². The third-order valence-corrected chi connectivity index (χ3v) is 7.42. The fourth-order valence-corrected chi connectivity index (χ4v) is 5.47. The third-order valence-electron chi connectivity index (χ3n) is 7.42. The second-order valence-corrected chi connectivity index (χ2v) is 9.69.